The summed E-state index contributed by atoms with van der Waals surface area (Å²) in [4.78, 5) is 33.2. The first kappa shape index (κ1) is 15.8. The van der Waals surface area contributed by atoms with Crippen molar-refractivity contribution in [3.05, 3.63) is 65.5 Å². The molecule has 1 aromatic carbocycles. The van der Waals surface area contributed by atoms with Crippen LogP contribution in [-0.2, 0) is 11.3 Å². The van der Waals surface area contributed by atoms with Gasteiger partial charge in [-0.3, -0.25) is 14.6 Å². The van der Waals surface area contributed by atoms with Crippen LogP contribution < -0.4 is 0 Å². The standard InChI is InChI=1S/C20H21N3O2/c24-19(14-22-13-16-6-1-2-8-17(16)20(22)25)23-11-4-3-9-18(23)15-7-5-10-21-12-15/h1-2,5-8,10,12,18H,3-4,9,11,13-14H2. The number of aromatic nitrogens is 1. The van der Waals surface area contributed by atoms with Crippen molar-refractivity contribution in [2.24, 2.45) is 0 Å². The van der Waals surface area contributed by atoms with Gasteiger partial charge in [-0.15, -0.1) is 0 Å². The largest absolute Gasteiger partial charge is 0.334 e. The number of amides is 2. The van der Waals surface area contributed by atoms with Gasteiger partial charge in [0, 0.05) is 31.0 Å². The Morgan fingerprint density at radius 1 is 1.16 bits per heavy atom. The molecule has 5 nitrogen and oxygen atoms in total. The molecule has 5 heteroatoms. The van der Waals surface area contributed by atoms with Crippen molar-refractivity contribution < 1.29 is 9.59 Å². The van der Waals surface area contributed by atoms with E-state index in [9.17, 15) is 9.59 Å². The second kappa shape index (κ2) is 6.67. The molecule has 0 N–H and O–H groups in total. The minimum absolute atomic E-state index is 0.0229. The highest BCUT2D eigenvalue weighted by Crippen LogP contribution is 2.31. The molecule has 1 aromatic heterocycles. The smallest absolute Gasteiger partial charge is 0.254 e. The Labute approximate surface area is 147 Å². The Bertz CT molecular complexity index is 791. The lowest BCUT2D eigenvalue weighted by atomic mass is 9.96. The fourth-order valence-corrected chi connectivity index (χ4v) is 3.85. The normalized spacial score (nSPS) is 19.8. The molecule has 2 aliphatic heterocycles. The first-order valence-electron chi connectivity index (χ1n) is 8.80. The molecule has 0 aliphatic carbocycles. The van der Waals surface area contributed by atoms with Crippen LogP contribution in [0.3, 0.4) is 0 Å². The predicted molar refractivity (Wildman–Crippen MR) is 93.7 cm³/mol. The molecule has 25 heavy (non-hydrogen) atoms. The van der Waals surface area contributed by atoms with Crippen molar-refractivity contribution in [3.8, 4) is 0 Å². The van der Waals surface area contributed by atoms with E-state index >= 15 is 0 Å². The highest BCUT2D eigenvalue weighted by atomic mass is 16.2. The van der Waals surface area contributed by atoms with Crippen molar-refractivity contribution >= 4 is 11.8 Å². The molecular weight excluding hydrogens is 314 g/mol. The van der Waals surface area contributed by atoms with Gasteiger partial charge in [0.1, 0.15) is 6.54 Å². The zero-order valence-corrected chi connectivity index (χ0v) is 14.1. The highest BCUT2D eigenvalue weighted by molar-refractivity contribution is 6.00. The van der Waals surface area contributed by atoms with E-state index in [1.54, 1.807) is 11.1 Å². The summed E-state index contributed by atoms with van der Waals surface area (Å²) in [6, 6.07) is 11.6. The molecule has 1 saturated heterocycles. The predicted octanol–water partition coefficient (Wildman–Crippen LogP) is 2.79. The monoisotopic (exact) mass is 335 g/mol. The van der Waals surface area contributed by atoms with Crippen LogP contribution in [0.1, 0.15) is 46.8 Å². The van der Waals surface area contributed by atoms with Crippen molar-refractivity contribution in [2.75, 3.05) is 13.1 Å². The molecule has 3 heterocycles. The van der Waals surface area contributed by atoms with Crippen LogP contribution in [0, 0.1) is 0 Å². The summed E-state index contributed by atoms with van der Waals surface area (Å²) in [6.45, 7) is 1.41. The van der Waals surface area contributed by atoms with Gasteiger partial charge in [-0.05, 0) is 42.5 Å². The highest BCUT2D eigenvalue weighted by Gasteiger charge is 2.33. The SMILES string of the molecule is O=C1c2ccccc2CN1CC(=O)N1CCCCC1c1cccnc1. The van der Waals surface area contributed by atoms with Gasteiger partial charge in [0.15, 0.2) is 0 Å². The maximum absolute atomic E-state index is 12.9. The molecular formula is C20H21N3O2. The third kappa shape index (κ3) is 3.02. The first-order chi connectivity index (χ1) is 12.2. The van der Waals surface area contributed by atoms with Gasteiger partial charge < -0.3 is 9.80 Å². The summed E-state index contributed by atoms with van der Waals surface area (Å²) >= 11 is 0. The lowest BCUT2D eigenvalue weighted by Crippen LogP contribution is -2.44. The molecule has 0 saturated carbocycles. The number of hydrogen-bond acceptors (Lipinski definition) is 3. The Morgan fingerprint density at radius 2 is 2.04 bits per heavy atom. The summed E-state index contributed by atoms with van der Waals surface area (Å²) in [5, 5.41) is 0. The van der Waals surface area contributed by atoms with Gasteiger partial charge in [-0.25, -0.2) is 0 Å². The Kier molecular flexibility index (Phi) is 4.22. The summed E-state index contributed by atoms with van der Waals surface area (Å²) in [6.07, 6.45) is 6.66. The molecule has 2 amide bonds. The molecule has 4 rings (SSSR count). The second-order valence-corrected chi connectivity index (χ2v) is 6.70. The van der Waals surface area contributed by atoms with Crippen LogP contribution in [0.15, 0.2) is 48.8 Å². The van der Waals surface area contributed by atoms with E-state index in [0.29, 0.717) is 6.54 Å². The van der Waals surface area contributed by atoms with Crippen LogP contribution >= 0.6 is 0 Å². The number of fused-ring (bicyclic) bond motifs is 1. The molecule has 1 unspecified atom stereocenters. The van der Waals surface area contributed by atoms with E-state index in [-0.39, 0.29) is 24.4 Å². The van der Waals surface area contributed by atoms with Crippen LogP contribution in [0.25, 0.3) is 0 Å². The maximum Gasteiger partial charge on any atom is 0.254 e. The molecule has 0 radical (unpaired) electrons. The van der Waals surface area contributed by atoms with Crippen molar-refractivity contribution in [1.82, 2.24) is 14.8 Å². The average Bonchev–Trinajstić information content (AvgIpc) is 2.98. The second-order valence-electron chi connectivity index (χ2n) is 6.70. The van der Waals surface area contributed by atoms with Gasteiger partial charge in [-0.1, -0.05) is 24.3 Å². The molecule has 1 atom stereocenters. The Balaban J connectivity index is 1.50. The fraction of sp³-hybridized carbons (Fsp3) is 0.350. The van der Waals surface area contributed by atoms with Crippen LogP contribution in [0.5, 0.6) is 0 Å². The van der Waals surface area contributed by atoms with Crippen LogP contribution in [0.4, 0.5) is 0 Å². The Hall–Kier alpha value is -2.69. The van der Waals surface area contributed by atoms with Crippen LogP contribution in [0.2, 0.25) is 0 Å². The van der Waals surface area contributed by atoms with Crippen molar-refractivity contribution in [1.29, 1.82) is 0 Å². The number of benzene rings is 1. The maximum atomic E-state index is 12.9. The van der Waals surface area contributed by atoms with E-state index in [2.05, 4.69) is 4.98 Å². The van der Waals surface area contributed by atoms with Crippen LogP contribution in [-0.4, -0.2) is 39.7 Å². The zero-order valence-electron chi connectivity index (χ0n) is 14.1. The number of pyridine rings is 1. The average molecular weight is 335 g/mol. The molecule has 2 aliphatic rings. The zero-order chi connectivity index (χ0) is 17.2. The molecule has 0 bridgehead atoms. The molecule has 0 spiro atoms. The van der Waals surface area contributed by atoms with E-state index in [1.807, 2.05) is 47.5 Å². The van der Waals surface area contributed by atoms with Gasteiger partial charge in [-0.2, -0.15) is 0 Å². The number of nitrogens with zero attached hydrogens (tertiary/aromatic N) is 3. The third-order valence-electron chi connectivity index (χ3n) is 5.11. The van der Waals surface area contributed by atoms with E-state index in [0.717, 1.165) is 42.5 Å². The topological polar surface area (TPSA) is 53.5 Å². The number of carbonyl (C=O) groups is 2. The minimum Gasteiger partial charge on any atom is -0.334 e. The number of rotatable bonds is 3. The fourth-order valence-electron chi connectivity index (χ4n) is 3.85. The summed E-state index contributed by atoms with van der Waals surface area (Å²) in [5.41, 5.74) is 2.80. The third-order valence-corrected chi connectivity index (χ3v) is 5.11. The quantitative estimate of drug-likeness (QED) is 0.867. The summed E-state index contributed by atoms with van der Waals surface area (Å²) in [5.74, 6) is -0.0198. The molecule has 128 valence electrons. The number of likely N-dealkylation sites (tertiary alicyclic amines) is 1. The van der Waals surface area contributed by atoms with E-state index in [4.69, 9.17) is 0 Å². The van der Waals surface area contributed by atoms with Gasteiger partial charge >= 0.3 is 0 Å². The number of hydrogen-bond donors (Lipinski definition) is 0. The number of carbonyl (C=O) groups excluding carboxylic acids is 2. The minimum atomic E-state index is -0.0427. The number of piperidine rings is 1. The first-order valence-corrected chi connectivity index (χ1v) is 8.80. The lowest BCUT2D eigenvalue weighted by molar-refractivity contribution is -0.135. The Morgan fingerprint density at radius 3 is 2.84 bits per heavy atom. The van der Waals surface area contributed by atoms with E-state index < -0.39 is 0 Å². The van der Waals surface area contributed by atoms with Gasteiger partial charge in [0.05, 0.1) is 6.04 Å². The van der Waals surface area contributed by atoms with Gasteiger partial charge in [0.25, 0.3) is 5.91 Å². The van der Waals surface area contributed by atoms with Crippen molar-refractivity contribution in [2.45, 2.75) is 31.8 Å². The summed E-state index contributed by atoms with van der Waals surface area (Å²) in [7, 11) is 0. The summed E-state index contributed by atoms with van der Waals surface area (Å²) < 4.78 is 0. The lowest BCUT2D eigenvalue weighted by Gasteiger charge is -2.36. The van der Waals surface area contributed by atoms with Gasteiger partial charge in [0.2, 0.25) is 5.91 Å². The van der Waals surface area contributed by atoms with E-state index in [1.165, 1.54) is 0 Å². The molecule has 1 fully saturated rings. The van der Waals surface area contributed by atoms with Crippen molar-refractivity contribution in [3.63, 3.8) is 0 Å². The molecule has 2 aromatic rings.